The van der Waals surface area contributed by atoms with Crippen molar-refractivity contribution in [1.82, 2.24) is 4.90 Å². The van der Waals surface area contributed by atoms with E-state index in [1.807, 2.05) is 0 Å². The molecule has 1 aliphatic heterocycles. The first-order chi connectivity index (χ1) is 8.58. The van der Waals surface area contributed by atoms with Gasteiger partial charge >= 0.3 is 0 Å². The van der Waals surface area contributed by atoms with E-state index < -0.39 is 11.7 Å². The van der Waals surface area contributed by atoms with E-state index in [4.69, 9.17) is 4.74 Å². The van der Waals surface area contributed by atoms with Gasteiger partial charge in [0.25, 0.3) is 5.91 Å². The van der Waals surface area contributed by atoms with Crippen molar-refractivity contribution >= 4 is 5.91 Å². The van der Waals surface area contributed by atoms with Crippen LogP contribution in [-0.2, 0) is 4.74 Å². The fraction of sp³-hybridized carbons (Fsp3) is 0.462. The number of benzene rings is 1. The SMILES string of the molecule is CN(CC1CCCO1)C(=O)c1cc(F)ccc1O. The second kappa shape index (κ2) is 5.35. The van der Waals surface area contributed by atoms with Crippen molar-refractivity contribution in [2.24, 2.45) is 0 Å². The molecule has 1 atom stereocenters. The highest BCUT2D eigenvalue weighted by atomic mass is 19.1. The van der Waals surface area contributed by atoms with Gasteiger partial charge in [-0.3, -0.25) is 4.79 Å². The monoisotopic (exact) mass is 253 g/mol. The zero-order valence-corrected chi connectivity index (χ0v) is 10.2. The topological polar surface area (TPSA) is 49.8 Å². The molecule has 0 saturated carbocycles. The second-order valence-corrected chi connectivity index (χ2v) is 4.48. The van der Waals surface area contributed by atoms with E-state index in [1.165, 1.54) is 11.0 Å². The van der Waals surface area contributed by atoms with Gasteiger partial charge < -0.3 is 14.7 Å². The molecule has 1 unspecified atom stereocenters. The summed E-state index contributed by atoms with van der Waals surface area (Å²) < 4.78 is 18.5. The van der Waals surface area contributed by atoms with Crippen LogP contribution in [0.15, 0.2) is 18.2 Å². The Hall–Kier alpha value is -1.62. The molecule has 1 heterocycles. The highest BCUT2D eigenvalue weighted by molar-refractivity contribution is 5.96. The van der Waals surface area contributed by atoms with E-state index in [-0.39, 0.29) is 17.4 Å². The number of hydrogen-bond acceptors (Lipinski definition) is 3. The minimum Gasteiger partial charge on any atom is -0.507 e. The molecule has 1 aromatic carbocycles. The molecule has 1 aromatic rings. The van der Waals surface area contributed by atoms with Crippen molar-refractivity contribution in [3.05, 3.63) is 29.6 Å². The van der Waals surface area contributed by atoms with Crippen LogP contribution in [0, 0.1) is 5.82 Å². The zero-order chi connectivity index (χ0) is 13.1. The smallest absolute Gasteiger partial charge is 0.257 e. The summed E-state index contributed by atoms with van der Waals surface area (Å²) in [5, 5.41) is 9.57. The fourth-order valence-electron chi connectivity index (χ4n) is 2.06. The van der Waals surface area contributed by atoms with E-state index in [2.05, 4.69) is 0 Å². The lowest BCUT2D eigenvalue weighted by Gasteiger charge is -2.21. The third-order valence-electron chi connectivity index (χ3n) is 3.04. The molecule has 18 heavy (non-hydrogen) atoms. The van der Waals surface area contributed by atoms with Gasteiger partial charge in [0.2, 0.25) is 0 Å². The molecular weight excluding hydrogens is 237 g/mol. The molecule has 0 aromatic heterocycles. The van der Waals surface area contributed by atoms with Gasteiger partial charge in [0.15, 0.2) is 0 Å². The molecule has 0 spiro atoms. The first-order valence-electron chi connectivity index (χ1n) is 5.93. The van der Waals surface area contributed by atoms with E-state index >= 15 is 0 Å². The number of phenols is 1. The van der Waals surface area contributed by atoms with Crippen LogP contribution in [0.3, 0.4) is 0 Å². The number of rotatable bonds is 3. The van der Waals surface area contributed by atoms with Crippen LogP contribution in [0.5, 0.6) is 5.75 Å². The van der Waals surface area contributed by atoms with E-state index in [0.29, 0.717) is 6.54 Å². The summed E-state index contributed by atoms with van der Waals surface area (Å²) in [6.45, 7) is 1.17. The average molecular weight is 253 g/mol. The second-order valence-electron chi connectivity index (χ2n) is 4.48. The summed E-state index contributed by atoms with van der Waals surface area (Å²) in [6, 6.07) is 3.35. The lowest BCUT2D eigenvalue weighted by atomic mass is 10.1. The summed E-state index contributed by atoms with van der Waals surface area (Å²) in [6.07, 6.45) is 1.96. The quantitative estimate of drug-likeness (QED) is 0.893. The highest BCUT2D eigenvalue weighted by Crippen LogP contribution is 2.20. The van der Waals surface area contributed by atoms with Gasteiger partial charge in [-0.25, -0.2) is 4.39 Å². The van der Waals surface area contributed by atoms with Crippen molar-refractivity contribution in [1.29, 1.82) is 0 Å². The Labute approximate surface area is 105 Å². The summed E-state index contributed by atoms with van der Waals surface area (Å²) in [7, 11) is 1.62. The van der Waals surface area contributed by atoms with Crippen molar-refractivity contribution < 1.29 is 19.0 Å². The number of hydrogen-bond donors (Lipinski definition) is 1. The standard InChI is InChI=1S/C13H16FNO3/c1-15(8-10-3-2-6-18-10)13(17)11-7-9(14)4-5-12(11)16/h4-5,7,10,16H,2-3,6,8H2,1H3. The van der Waals surface area contributed by atoms with Crippen molar-refractivity contribution in [2.45, 2.75) is 18.9 Å². The Balaban J connectivity index is 2.07. The van der Waals surface area contributed by atoms with Gasteiger partial charge in [0, 0.05) is 20.2 Å². The molecule has 1 amide bonds. The van der Waals surface area contributed by atoms with Gasteiger partial charge in [-0.15, -0.1) is 0 Å². The third-order valence-corrected chi connectivity index (χ3v) is 3.04. The number of aromatic hydroxyl groups is 1. The molecule has 1 saturated heterocycles. The van der Waals surface area contributed by atoms with Crippen molar-refractivity contribution in [2.75, 3.05) is 20.2 Å². The molecule has 98 valence electrons. The molecule has 0 aliphatic carbocycles. The number of ether oxygens (including phenoxy) is 1. The Morgan fingerprint density at radius 1 is 1.61 bits per heavy atom. The summed E-state index contributed by atoms with van der Waals surface area (Å²) >= 11 is 0. The number of halogens is 1. The maximum Gasteiger partial charge on any atom is 0.257 e. The maximum absolute atomic E-state index is 13.1. The van der Waals surface area contributed by atoms with Crippen LogP contribution >= 0.6 is 0 Å². The summed E-state index contributed by atoms with van der Waals surface area (Å²) in [5.74, 6) is -1.15. The lowest BCUT2D eigenvalue weighted by molar-refractivity contribution is 0.0584. The molecule has 1 fully saturated rings. The number of phenolic OH excluding ortho intramolecular Hbond substituents is 1. The Bertz CT molecular complexity index is 444. The van der Waals surface area contributed by atoms with Crippen LogP contribution in [-0.4, -0.2) is 42.2 Å². The normalized spacial score (nSPS) is 18.9. The summed E-state index contributed by atoms with van der Waals surface area (Å²) in [4.78, 5) is 13.5. The van der Waals surface area contributed by atoms with Crippen LogP contribution in [0.2, 0.25) is 0 Å². The molecule has 5 heteroatoms. The van der Waals surface area contributed by atoms with Gasteiger partial charge in [-0.1, -0.05) is 0 Å². The average Bonchev–Trinajstić information content (AvgIpc) is 2.84. The Kier molecular flexibility index (Phi) is 3.81. The van der Waals surface area contributed by atoms with Gasteiger partial charge in [0.05, 0.1) is 11.7 Å². The molecule has 2 rings (SSSR count). The number of carbonyl (C=O) groups excluding carboxylic acids is 1. The molecule has 1 N–H and O–H groups in total. The van der Waals surface area contributed by atoms with Gasteiger partial charge in [-0.2, -0.15) is 0 Å². The predicted octanol–water partition coefficient (Wildman–Crippen LogP) is 1.78. The molecule has 4 nitrogen and oxygen atoms in total. The largest absolute Gasteiger partial charge is 0.507 e. The number of likely N-dealkylation sites (N-methyl/N-ethyl adjacent to an activating group) is 1. The maximum atomic E-state index is 13.1. The fourth-order valence-corrected chi connectivity index (χ4v) is 2.06. The van der Waals surface area contributed by atoms with Crippen molar-refractivity contribution in [3.8, 4) is 5.75 Å². The van der Waals surface area contributed by atoms with E-state index in [0.717, 1.165) is 31.6 Å². The molecular formula is C13H16FNO3. The van der Waals surface area contributed by atoms with Crippen LogP contribution < -0.4 is 0 Å². The molecule has 1 aliphatic rings. The number of amides is 1. The predicted molar refractivity (Wildman–Crippen MR) is 64.0 cm³/mol. The zero-order valence-electron chi connectivity index (χ0n) is 10.2. The van der Waals surface area contributed by atoms with Crippen LogP contribution in [0.1, 0.15) is 23.2 Å². The van der Waals surface area contributed by atoms with E-state index in [9.17, 15) is 14.3 Å². The number of carbonyl (C=O) groups is 1. The highest BCUT2D eigenvalue weighted by Gasteiger charge is 2.22. The van der Waals surface area contributed by atoms with Gasteiger partial charge in [-0.05, 0) is 31.0 Å². The Morgan fingerprint density at radius 2 is 2.39 bits per heavy atom. The molecule has 0 bridgehead atoms. The third kappa shape index (κ3) is 2.79. The van der Waals surface area contributed by atoms with E-state index in [1.54, 1.807) is 7.05 Å². The number of nitrogens with zero attached hydrogens (tertiary/aromatic N) is 1. The first-order valence-corrected chi connectivity index (χ1v) is 5.93. The molecule has 0 radical (unpaired) electrons. The lowest BCUT2D eigenvalue weighted by Crippen LogP contribution is -2.34. The minimum atomic E-state index is -0.540. The summed E-state index contributed by atoms with van der Waals surface area (Å²) in [5.41, 5.74) is -0.0181. The van der Waals surface area contributed by atoms with Crippen LogP contribution in [0.25, 0.3) is 0 Å². The minimum absolute atomic E-state index is 0.0181. The Morgan fingerprint density at radius 3 is 3.06 bits per heavy atom. The van der Waals surface area contributed by atoms with Crippen molar-refractivity contribution in [3.63, 3.8) is 0 Å². The first kappa shape index (κ1) is 12.8. The van der Waals surface area contributed by atoms with Gasteiger partial charge in [0.1, 0.15) is 11.6 Å². The van der Waals surface area contributed by atoms with Crippen LogP contribution in [0.4, 0.5) is 4.39 Å².